The van der Waals surface area contributed by atoms with E-state index in [0.717, 1.165) is 66.5 Å². The number of rotatable bonds is 5. The smallest absolute Gasteiger partial charge is 0.235 e. The Hall–Kier alpha value is -12.9. The molecule has 0 saturated carbocycles. The van der Waals surface area contributed by atoms with Crippen LogP contribution >= 0.6 is 11.6 Å². The SMILES string of the molecule is CC1(C)c2ccccc2-c2cc3ccc4c(ccc5c6ccccc6[nH]c54)c3cc21.CC1(C)c2ccccc2-c2cc3ccc4c(ccc5c6ccccc6n(-c6nc(-c7ccccc7)c7cc(-c8ccccc8)ccc7n6)c45)c3cc21.Clc1nc(-c2ccccc2)c2cc(-c3ccccc3)ccc2n1. The molecule has 0 unspecified atom stereocenters. The van der Waals surface area contributed by atoms with Gasteiger partial charge in [-0.25, -0.2) is 19.9 Å². The van der Waals surface area contributed by atoms with Crippen LogP contribution < -0.4 is 0 Å². The number of fused-ring (bicyclic) bond motifs is 22. The van der Waals surface area contributed by atoms with Crippen LogP contribution in [-0.4, -0.2) is 29.5 Å². The van der Waals surface area contributed by atoms with Gasteiger partial charge in [-0.15, -0.1) is 0 Å². The van der Waals surface area contributed by atoms with E-state index in [1.807, 2.05) is 54.6 Å². The van der Waals surface area contributed by atoms with Crippen LogP contribution in [0.15, 0.2) is 328 Å². The number of aromatic amines is 1. The van der Waals surface area contributed by atoms with Crippen molar-refractivity contribution in [1.29, 1.82) is 0 Å². The summed E-state index contributed by atoms with van der Waals surface area (Å²) >= 11 is 6.11. The number of nitrogens with one attached hydrogen (secondary N) is 1. The number of halogens is 1. The first-order valence-corrected chi connectivity index (χ1v) is 36.4. The van der Waals surface area contributed by atoms with Gasteiger partial charge in [0.15, 0.2) is 0 Å². The van der Waals surface area contributed by atoms with Crippen LogP contribution in [0.25, 0.3) is 181 Å². The fourth-order valence-electron chi connectivity index (χ4n) is 17.2. The van der Waals surface area contributed by atoms with Crippen LogP contribution in [0.5, 0.6) is 0 Å². The van der Waals surface area contributed by atoms with Gasteiger partial charge < -0.3 is 4.98 Å². The number of para-hydroxylation sites is 2. The number of H-pyrrole nitrogens is 1. The van der Waals surface area contributed by atoms with Crippen molar-refractivity contribution in [3.8, 4) is 73.0 Å². The Morgan fingerprint density at radius 1 is 0.286 bits per heavy atom. The lowest BCUT2D eigenvalue weighted by Gasteiger charge is -2.22. The van der Waals surface area contributed by atoms with Gasteiger partial charge >= 0.3 is 0 Å². The summed E-state index contributed by atoms with van der Waals surface area (Å²) in [4.78, 5) is 23.3. The minimum absolute atomic E-state index is 0.0213. The van der Waals surface area contributed by atoms with Crippen molar-refractivity contribution in [2.24, 2.45) is 0 Å². The number of hydrogen-bond acceptors (Lipinski definition) is 4. The maximum absolute atomic E-state index is 6.11. The second kappa shape index (κ2) is 24.1. The molecule has 0 bridgehead atoms. The van der Waals surface area contributed by atoms with Crippen LogP contribution in [0, 0.1) is 0 Å². The number of benzene rings is 16. The molecular formula is C98H67ClN6. The van der Waals surface area contributed by atoms with E-state index in [2.05, 4.69) is 320 Å². The zero-order valence-corrected chi connectivity index (χ0v) is 59.0. The average Bonchev–Trinajstić information content (AvgIpc) is 1.58. The number of aromatic nitrogens is 6. The zero-order chi connectivity index (χ0) is 70.2. The zero-order valence-electron chi connectivity index (χ0n) is 58.3. The molecule has 4 aromatic heterocycles. The predicted molar refractivity (Wildman–Crippen MR) is 441 cm³/mol. The van der Waals surface area contributed by atoms with E-state index in [0.29, 0.717) is 5.95 Å². The second-order valence-electron chi connectivity index (χ2n) is 29.0. The van der Waals surface area contributed by atoms with Crippen molar-refractivity contribution in [2.75, 3.05) is 0 Å². The topological polar surface area (TPSA) is 72.3 Å². The molecule has 496 valence electrons. The average molecular weight is 1360 g/mol. The summed E-state index contributed by atoms with van der Waals surface area (Å²) < 4.78 is 2.29. The molecule has 16 aromatic carbocycles. The highest BCUT2D eigenvalue weighted by Gasteiger charge is 2.37. The highest BCUT2D eigenvalue weighted by atomic mass is 35.5. The van der Waals surface area contributed by atoms with Crippen molar-refractivity contribution in [3.05, 3.63) is 355 Å². The summed E-state index contributed by atoms with van der Waals surface area (Å²) in [7, 11) is 0. The third kappa shape index (κ3) is 10.00. The molecule has 0 fully saturated rings. The Morgan fingerprint density at radius 2 is 0.714 bits per heavy atom. The van der Waals surface area contributed by atoms with E-state index < -0.39 is 0 Å². The minimum atomic E-state index is -0.0750. The van der Waals surface area contributed by atoms with E-state index in [4.69, 9.17) is 21.6 Å². The highest BCUT2D eigenvalue weighted by Crippen LogP contribution is 2.53. The van der Waals surface area contributed by atoms with Gasteiger partial charge in [0.2, 0.25) is 11.2 Å². The predicted octanol–water partition coefficient (Wildman–Crippen LogP) is 26.2. The fraction of sp³-hybridized carbons (Fsp3) is 0.0612. The molecule has 4 heterocycles. The third-order valence-electron chi connectivity index (χ3n) is 22.4. The lowest BCUT2D eigenvalue weighted by Crippen LogP contribution is -2.14. The molecular weight excluding hydrogens is 1300 g/mol. The molecule has 0 amide bonds. The van der Waals surface area contributed by atoms with Gasteiger partial charge in [0.1, 0.15) is 0 Å². The lowest BCUT2D eigenvalue weighted by atomic mass is 9.81. The van der Waals surface area contributed by atoms with Gasteiger partial charge in [0.05, 0.1) is 39.0 Å². The van der Waals surface area contributed by atoms with Crippen LogP contribution in [0.3, 0.4) is 0 Å². The Morgan fingerprint density at radius 3 is 1.30 bits per heavy atom. The summed E-state index contributed by atoms with van der Waals surface area (Å²) in [6.45, 7) is 9.42. The Kier molecular flexibility index (Phi) is 14.2. The normalized spacial score (nSPS) is 13.2. The maximum atomic E-state index is 6.11. The molecule has 0 radical (unpaired) electrons. The standard InChI is InChI=1S/C49H33N3.C29H21N.C20H13ClN2/c1-49(2)42-19-11-9-17-35(42)40-28-33-21-23-37-34(39(33)29-43(40)49)24-25-38-36-18-10-12-20-45(36)52(47(37)38)48-50-44-26-22-32(30-13-5-3-6-14-30)27-41(44)46(51-48)31-15-7-4-8-16-31;1-29(2)25-9-5-3-7-19(25)24-15-17-11-12-21-18(23(17)16-26(24)29)13-14-22-20-8-4-6-10-27(20)30-28(21)22;21-20-22-18-12-11-16(14-7-3-1-4-8-14)13-17(18)19(23-20)15-9-5-2-6-10-15/h3-29H,1-2H3;3-16,30H,1-2H3;1-13H. The van der Waals surface area contributed by atoms with Gasteiger partial charge in [-0.05, 0) is 171 Å². The minimum Gasteiger partial charge on any atom is -0.354 e. The molecule has 0 atom stereocenters. The number of nitrogens with zero attached hydrogens (tertiary/aromatic N) is 5. The third-order valence-corrected chi connectivity index (χ3v) is 22.6. The van der Waals surface area contributed by atoms with Crippen LogP contribution in [0.4, 0.5) is 0 Å². The molecule has 22 rings (SSSR count). The molecule has 6 nitrogen and oxygen atoms in total. The first kappa shape index (κ1) is 62.0. The van der Waals surface area contributed by atoms with Gasteiger partial charge in [-0.3, -0.25) is 4.57 Å². The highest BCUT2D eigenvalue weighted by molar-refractivity contribution is 6.29. The summed E-state index contributed by atoms with van der Waals surface area (Å²) in [5.41, 5.74) is 26.0. The maximum Gasteiger partial charge on any atom is 0.235 e. The second-order valence-corrected chi connectivity index (χ2v) is 29.4. The van der Waals surface area contributed by atoms with E-state index in [9.17, 15) is 0 Å². The van der Waals surface area contributed by atoms with Crippen LogP contribution in [-0.2, 0) is 10.8 Å². The molecule has 2 aliphatic carbocycles. The van der Waals surface area contributed by atoms with Gasteiger partial charge in [-0.1, -0.05) is 295 Å². The van der Waals surface area contributed by atoms with Crippen molar-refractivity contribution < 1.29 is 0 Å². The molecule has 105 heavy (non-hydrogen) atoms. The van der Waals surface area contributed by atoms with Crippen LogP contribution in [0.2, 0.25) is 5.28 Å². The van der Waals surface area contributed by atoms with Crippen LogP contribution in [0.1, 0.15) is 49.9 Å². The Labute approximate surface area is 612 Å². The fourth-order valence-corrected chi connectivity index (χ4v) is 17.4. The molecule has 0 saturated heterocycles. The van der Waals surface area contributed by atoms with Crippen molar-refractivity contribution in [1.82, 2.24) is 29.5 Å². The Balaban J connectivity index is 0.000000116. The molecule has 7 heteroatoms. The monoisotopic (exact) mass is 1360 g/mol. The molecule has 0 spiro atoms. The summed E-state index contributed by atoms with van der Waals surface area (Å²) in [5, 5.41) is 17.5. The van der Waals surface area contributed by atoms with Crippen molar-refractivity contribution >= 4 is 120 Å². The summed E-state index contributed by atoms with van der Waals surface area (Å²) in [5.74, 6) is 0.670. The quantitative estimate of drug-likeness (QED) is 0.138. The van der Waals surface area contributed by atoms with Gasteiger partial charge in [-0.2, -0.15) is 0 Å². The summed E-state index contributed by atoms with van der Waals surface area (Å²) in [6, 6.07) is 117. The largest absolute Gasteiger partial charge is 0.354 e. The van der Waals surface area contributed by atoms with Gasteiger partial charge in [0, 0.05) is 70.6 Å². The molecule has 2 aliphatic rings. The lowest BCUT2D eigenvalue weighted by molar-refractivity contribution is 0.661. The van der Waals surface area contributed by atoms with E-state index in [-0.39, 0.29) is 16.1 Å². The first-order valence-electron chi connectivity index (χ1n) is 36.0. The Bertz CT molecular complexity index is 6960. The van der Waals surface area contributed by atoms with Crippen molar-refractivity contribution in [2.45, 2.75) is 38.5 Å². The van der Waals surface area contributed by atoms with E-state index in [1.54, 1.807) is 0 Å². The molecule has 0 aliphatic heterocycles. The first-order chi connectivity index (χ1) is 51.5. The number of hydrogen-bond donors (Lipinski definition) is 1. The van der Waals surface area contributed by atoms with E-state index in [1.165, 1.54) is 131 Å². The van der Waals surface area contributed by atoms with Gasteiger partial charge in [0.25, 0.3) is 0 Å². The van der Waals surface area contributed by atoms with Crippen molar-refractivity contribution in [3.63, 3.8) is 0 Å². The molecule has 1 N–H and O–H groups in total. The summed E-state index contributed by atoms with van der Waals surface area (Å²) in [6.07, 6.45) is 0. The van der Waals surface area contributed by atoms with E-state index >= 15 is 0 Å². The molecule has 20 aromatic rings.